The fourth-order valence-corrected chi connectivity index (χ4v) is 2.59. The SMILES string of the molecule is COc1ccc(Br)cc1C(=O)c1c(F)cccc1Br. The predicted octanol–water partition coefficient (Wildman–Crippen LogP) is 4.59. The molecular weight excluding hydrogens is 379 g/mol. The highest BCUT2D eigenvalue weighted by molar-refractivity contribution is 9.10. The van der Waals surface area contributed by atoms with Crippen LogP contribution in [-0.2, 0) is 0 Å². The van der Waals surface area contributed by atoms with Gasteiger partial charge in [0.2, 0.25) is 5.78 Å². The number of ether oxygens (including phenoxy) is 1. The van der Waals surface area contributed by atoms with Gasteiger partial charge in [-0.05, 0) is 46.3 Å². The minimum absolute atomic E-state index is 0.00102. The summed E-state index contributed by atoms with van der Waals surface area (Å²) in [6, 6.07) is 9.44. The molecule has 0 aliphatic heterocycles. The second kappa shape index (κ2) is 5.84. The zero-order valence-corrected chi connectivity index (χ0v) is 13.1. The summed E-state index contributed by atoms with van der Waals surface area (Å²) in [6.07, 6.45) is 0. The molecule has 0 spiro atoms. The number of hydrogen-bond acceptors (Lipinski definition) is 2. The molecule has 5 heteroatoms. The van der Waals surface area contributed by atoms with E-state index in [0.29, 0.717) is 15.8 Å². The fourth-order valence-electron chi connectivity index (χ4n) is 1.71. The average molecular weight is 388 g/mol. The van der Waals surface area contributed by atoms with Gasteiger partial charge in [0.15, 0.2) is 0 Å². The molecule has 2 aromatic carbocycles. The Kier molecular flexibility index (Phi) is 4.37. The van der Waals surface area contributed by atoms with Crippen LogP contribution >= 0.6 is 31.9 Å². The lowest BCUT2D eigenvalue weighted by molar-refractivity contribution is 0.103. The van der Waals surface area contributed by atoms with Gasteiger partial charge in [0, 0.05) is 8.95 Å². The maximum atomic E-state index is 13.8. The van der Waals surface area contributed by atoms with E-state index >= 15 is 0 Å². The Hall–Kier alpha value is -1.20. The molecule has 0 atom stereocenters. The lowest BCUT2D eigenvalue weighted by atomic mass is 10.0. The highest BCUT2D eigenvalue weighted by Crippen LogP contribution is 2.29. The van der Waals surface area contributed by atoms with Crippen LogP contribution in [-0.4, -0.2) is 12.9 Å². The highest BCUT2D eigenvalue weighted by atomic mass is 79.9. The number of carbonyl (C=O) groups excluding carboxylic acids is 1. The van der Waals surface area contributed by atoms with Gasteiger partial charge in [0.25, 0.3) is 0 Å². The Labute approximate surface area is 126 Å². The Bertz CT molecular complexity index is 621. The molecule has 2 rings (SSSR count). The van der Waals surface area contributed by atoms with E-state index in [2.05, 4.69) is 31.9 Å². The van der Waals surface area contributed by atoms with E-state index in [0.717, 1.165) is 4.47 Å². The molecule has 19 heavy (non-hydrogen) atoms. The third-order valence-corrected chi connectivity index (χ3v) is 3.75. The summed E-state index contributed by atoms with van der Waals surface area (Å²) in [7, 11) is 1.47. The van der Waals surface area contributed by atoms with Gasteiger partial charge in [-0.2, -0.15) is 0 Å². The Balaban J connectivity index is 2.59. The normalized spacial score (nSPS) is 10.3. The van der Waals surface area contributed by atoms with E-state index in [9.17, 15) is 9.18 Å². The van der Waals surface area contributed by atoms with Crippen LogP contribution in [0.5, 0.6) is 5.75 Å². The lowest BCUT2D eigenvalue weighted by Crippen LogP contribution is -2.07. The average Bonchev–Trinajstić information content (AvgIpc) is 2.38. The molecule has 2 nitrogen and oxygen atoms in total. The van der Waals surface area contributed by atoms with Crippen molar-refractivity contribution in [3.8, 4) is 5.75 Å². The number of methoxy groups -OCH3 is 1. The number of halogens is 3. The first-order valence-corrected chi connectivity index (χ1v) is 6.95. The maximum absolute atomic E-state index is 13.8. The van der Waals surface area contributed by atoms with Crippen molar-refractivity contribution in [2.45, 2.75) is 0 Å². The van der Waals surface area contributed by atoms with Crippen molar-refractivity contribution in [2.24, 2.45) is 0 Å². The smallest absolute Gasteiger partial charge is 0.200 e. The highest BCUT2D eigenvalue weighted by Gasteiger charge is 2.20. The fraction of sp³-hybridized carbons (Fsp3) is 0.0714. The first-order valence-electron chi connectivity index (χ1n) is 5.37. The van der Waals surface area contributed by atoms with Gasteiger partial charge in [-0.15, -0.1) is 0 Å². The first kappa shape index (κ1) is 14.2. The second-order valence-electron chi connectivity index (χ2n) is 3.77. The summed E-state index contributed by atoms with van der Waals surface area (Å²) in [6.45, 7) is 0. The van der Waals surface area contributed by atoms with Crippen molar-refractivity contribution < 1.29 is 13.9 Å². The van der Waals surface area contributed by atoms with E-state index in [1.54, 1.807) is 24.3 Å². The van der Waals surface area contributed by atoms with Crippen molar-refractivity contribution in [2.75, 3.05) is 7.11 Å². The van der Waals surface area contributed by atoms with Gasteiger partial charge < -0.3 is 4.74 Å². The molecular formula is C14H9Br2FO2. The predicted molar refractivity (Wildman–Crippen MR) is 78.2 cm³/mol. The first-order chi connectivity index (χ1) is 9.04. The Morgan fingerprint density at radius 3 is 2.58 bits per heavy atom. The van der Waals surface area contributed by atoms with E-state index in [1.807, 2.05) is 0 Å². The zero-order valence-electron chi connectivity index (χ0n) is 9.91. The van der Waals surface area contributed by atoms with Gasteiger partial charge in [-0.3, -0.25) is 4.79 Å². The van der Waals surface area contributed by atoms with Gasteiger partial charge in [-0.25, -0.2) is 4.39 Å². The third kappa shape index (κ3) is 2.87. The molecule has 2 aromatic rings. The van der Waals surface area contributed by atoms with Crippen LogP contribution in [0.25, 0.3) is 0 Å². The number of ketones is 1. The lowest BCUT2D eigenvalue weighted by Gasteiger charge is -2.10. The van der Waals surface area contributed by atoms with Crippen LogP contribution in [0, 0.1) is 5.82 Å². The standard InChI is InChI=1S/C14H9Br2FO2/c1-19-12-6-5-8(15)7-9(12)14(18)13-10(16)3-2-4-11(13)17/h2-7H,1H3. The van der Waals surface area contributed by atoms with Gasteiger partial charge >= 0.3 is 0 Å². The van der Waals surface area contributed by atoms with Crippen molar-refractivity contribution >= 4 is 37.6 Å². The van der Waals surface area contributed by atoms with Crippen LogP contribution in [0.3, 0.4) is 0 Å². The van der Waals surface area contributed by atoms with Crippen LogP contribution in [0.1, 0.15) is 15.9 Å². The number of carbonyl (C=O) groups is 1. The van der Waals surface area contributed by atoms with Crippen molar-refractivity contribution in [3.63, 3.8) is 0 Å². The van der Waals surface area contributed by atoms with Crippen LogP contribution < -0.4 is 4.74 Å². The zero-order chi connectivity index (χ0) is 14.0. The van der Waals surface area contributed by atoms with E-state index < -0.39 is 11.6 Å². The molecule has 0 radical (unpaired) electrons. The molecule has 0 aromatic heterocycles. The summed E-state index contributed by atoms with van der Waals surface area (Å²) in [5.41, 5.74) is 0.307. The van der Waals surface area contributed by atoms with Crippen molar-refractivity contribution in [1.82, 2.24) is 0 Å². The molecule has 0 aliphatic rings. The number of rotatable bonds is 3. The van der Waals surface area contributed by atoms with E-state index in [4.69, 9.17) is 4.74 Å². The third-order valence-electron chi connectivity index (χ3n) is 2.60. The molecule has 0 N–H and O–H groups in total. The quantitative estimate of drug-likeness (QED) is 0.720. The summed E-state index contributed by atoms with van der Waals surface area (Å²) >= 11 is 6.49. The largest absolute Gasteiger partial charge is 0.496 e. The van der Waals surface area contributed by atoms with Crippen molar-refractivity contribution in [1.29, 1.82) is 0 Å². The Morgan fingerprint density at radius 1 is 1.21 bits per heavy atom. The Morgan fingerprint density at radius 2 is 1.95 bits per heavy atom. The molecule has 0 aliphatic carbocycles. The minimum atomic E-state index is -0.568. The summed E-state index contributed by atoms with van der Waals surface area (Å²) in [5, 5.41) is 0. The molecule has 0 heterocycles. The second-order valence-corrected chi connectivity index (χ2v) is 5.54. The molecule has 0 unspecified atom stereocenters. The number of benzene rings is 2. The topological polar surface area (TPSA) is 26.3 Å². The van der Waals surface area contributed by atoms with Crippen molar-refractivity contribution in [3.05, 3.63) is 62.3 Å². The summed E-state index contributed by atoms with van der Waals surface area (Å²) in [5.74, 6) is -0.590. The maximum Gasteiger partial charge on any atom is 0.200 e. The van der Waals surface area contributed by atoms with Gasteiger partial charge in [-0.1, -0.05) is 22.0 Å². The minimum Gasteiger partial charge on any atom is -0.496 e. The monoisotopic (exact) mass is 386 g/mol. The van der Waals surface area contributed by atoms with E-state index in [1.165, 1.54) is 19.2 Å². The molecule has 0 fully saturated rings. The molecule has 0 saturated carbocycles. The summed E-state index contributed by atoms with van der Waals surface area (Å²) < 4.78 is 20.1. The molecule has 0 saturated heterocycles. The molecule has 0 amide bonds. The summed E-state index contributed by atoms with van der Waals surface area (Å²) in [4.78, 5) is 12.4. The van der Waals surface area contributed by atoms with E-state index in [-0.39, 0.29) is 5.56 Å². The van der Waals surface area contributed by atoms with Crippen LogP contribution in [0.15, 0.2) is 45.3 Å². The van der Waals surface area contributed by atoms with Gasteiger partial charge in [0.05, 0.1) is 18.2 Å². The van der Waals surface area contributed by atoms with Gasteiger partial charge in [0.1, 0.15) is 11.6 Å². The van der Waals surface area contributed by atoms with Crippen LogP contribution in [0.4, 0.5) is 4.39 Å². The molecule has 98 valence electrons. The number of hydrogen-bond donors (Lipinski definition) is 0. The van der Waals surface area contributed by atoms with Crippen LogP contribution in [0.2, 0.25) is 0 Å². The molecule has 0 bridgehead atoms.